The van der Waals surface area contributed by atoms with E-state index in [-0.39, 0.29) is 37.4 Å². The highest BCUT2D eigenvalue weighted by molar-refractivity contribution is 6.30. The highest BCUT2D eigenvalue weighted by atomic mass is 35.5. The zero-order valence-electron chi connectivity index (χ0n) is 19.2. The predicted octanol–water partition coefficient (Wildman–Crippen LogP) is 3.68. The van der Waals surface area contributed by atoms with Gasteiger partial charge in [-0.15, -0.1) is 10.2 Å². The van der Waals surface area contributed by atoms with Crippen LogP contribution in [0.15, 0.2) is 48.5 Å². The number of nitrogens with zero attached hydrogens (tertiary/aromatic N) is 4. The highest BCUT2D eigenvalue weighted by Crippen LogP contribution is 2.42. The third-order valence-corrected chi connectivity index (χ3v) is 6.43. The Morgan fingerprint density at radius 1 is 1.14 bits per heavy atom. The van der Waals surface area contributed by atoms with Crippen molar-refractivity contribution in [2.24, 2.45) is 0 Å². The number of morpholine rings is 1. The molecule has 9 nitrogen and oxygen atoms in total. The third kappa shape index (κ3) is 6.17. The van der Waals surface area contributed by atoms with Crippen molar-refractivity contribution in [2.75, 3.05) is 13.2 Å². The quantitative estimate of drug-likeness (QED) is 0.448. The number of ether oxygens (including phenoxy) is 1. The van der Waals surface area contributed by atoms with Crippen LogP contribution in [0.25, 0.3) is 0 Å². The van der Waals surface area contributed by atoms with Crippen molar-refractivity contribution < 1.29 is 14.3 Å². The maximum Gasteiger partial charge on any atom is 0.249 e. The van der Waals surface area contributed by atoms with Gasteiger partial charge in [0.25, 0.3) is 0 Å². The summed E-state index contributed by atoms with van der Waals surface area (Å²) in [6.07, 6.45) is 1.11. The number of benzene rings is 2. The maximum absolute atomic E-state index is 13.3. The van der Waals surface area contributed by atoms with Crippen molar-refractivity contribution in [2.45, 2.75) is 44.4 Å². The molecule has 1 fully saturated rings. The molecule has 0 saturated carbocycles. The second kappa shape index (κ2) is 11.6. The van der Waals surface area contributed by atoms with Crippen LogP contribution in [-0.4, -0.2) is 56.5 Å². The van der Waals surface area contributed by atoms with E-state index in [0.29, 0.717) is 22.3 Å². The van der Waals surface area contributed by atoms with E-state index in [0.717, 1.165) is 17.5 Å². The second-order valence-corrected chi connectivity index (χ2v) is 9.20. The van der Waals surface area contributed by atoms with E-state index in [1.165, 1.54) is 0 Å². The van der Waals surface area contributed by atoms with Crippen LogP contribution < -0.4 is 5.32 Å². The number of tetrazole rings is 1. The van der Waals surface area contributed by atoms with Crippen molar-refractivity contribution >= 4 is 35.0 Å². The van der Waals surface area contributed by atoms with Crippen LogP contribution in [0.4, 0.5) is 0 Å². The van der Waals surface area contributed by atoms with E-state index in [1.54, 1.807) is 12.1 Å². The van der Waals surface area contributed by atoms with E-state index < -0.39 is 12.1 Å². The van der Waals surface area contributed by atoms with Gasteiger partial charge in [0.2, 0.25) is 11.8 Å². The molecular formula is C24H26Cl2N6O3. The Balaban J connectivity index is 1.64. The van der Waals surface area contributed by atoms with Crippen LogP contribution in [0.2, 0.25) is 10.0 Å². The molecule has 1 aliphatic heterocycles. The number of hydrogen-bond acceptors (Lipinski definition) is 6. The molecule has 0 radical (unpaired) electrons. The number of carbonyl (C=O) groups excluding carboxylic acids is 2. The molecule has 0 spiro atoms. The molecule has 4 rings (SSSR count). The predicted molar refractivity (Wildman–Crippen MR) is 131 cm³/mol. The number of halogens is 2. The fraction of sp³-hybridized carbons (Fsp3) is 0.375. The topological polar surface area (TPSA) is 113 Å². The summed E-state index contributed by atoms with van der Waals surface area (Å²) in [7, 11) is 0. The number of H-pyrrole nitrogens is 1. The molecule has 35 heavy (non-hydrogen) atoms. The molecule has 184 valence electrons. The number of amides is 2. The molecule has 1 aromatic heterocycles. The van der Waals surface area contributed by atoms with Gasteiger partial charge in [0.1, 0.15) is 12.7 Å². The Morgan fingerprint density at radius 2 is 1.80 bits per heavy atom. The van der Waals surface area contributed by atoms with Crippen LogP contribution in [0.1, 0.15) is 48.9 Å². The first kappa shape index (κ1) is 25.1. The Morgan fingerprint density at radius 3 is 2.40 bits per heavy atom. The minimum absolute atomic E-state index is 0.000412. The van der Waals surface area contributed by atoms with Crippen molar-refractivity contribution in [3.63, 3.8) is 0 Å². The molecule has 11 heteroatoms. The van der Waals surface area contributed by atoms with E-state index in [2.05, 4.69) is 25.9 Å². The monoisotopic (exact) mass is 516 g/mol. The average Bonchev–Trinajstić information content (AvgIpc) is 3.36. The number of hydrogen-bond donors (Lipinski definition) is 2. The first-order chi connectivity index (χ1) is 17.0. The van der Waals surface area contributed by atoms with Gasteiger partial charge in [0.05, 0.1) is 12.5 Å². The van der Waals surface area contributed by atoms with Gasteiger partial charge in [-0.3, -0.25) is 9.59 Å². The SMILES string of the molecule is CCC[C@@H](CNC(=O)Cc1nn[nH]n1)N1C(=O)CO[C@H](c2ccc(Cl)cc2)[C@@H]1c1ccc(Cl)cc1. The van der Waals surface area contributed by atoms with Gasteiger partial charge >= 0.3 is 0 Å². The second-order valence-electron chi connectivity index (χ2n) is 8.33. The molecule has 2 aromatic carbocycles. The zero-order valence-corrected chi connectivity index (χ0v) is 20.7. The fourth-order valence-electron chi connectivity index (χ4n) is 4.35. The summed E-state index contributed by atoms with van der Waals surface area (Å²) in [5.74, 6) is -0.0784. The summed E-state index contributed by atoms with van der Waals surface area (Å²) in [4.78, 5) is 27.7. The van der Waals surface area contributed by atoms with Gasteiger partial charge in [-0.25, -0.2) is 0 Å². The van der Waals surface area contributed by atoms with Crippen molar-refractivity contribution in [3.8, 4) is 0 Å². The lowest BCUT2D eigenvalue weighted by Gasteiger charge is -2.45. The Kier molecular flexibility index (Phi) is 8.33. The first-order valence-electron chi connectivity index (χ1n) is 11.4. The standard InChI is InChI=1S/C24H26Cl2N6O3/c1-2-3-19(13-27-21(33)12-20-28-30-31-29-20)32-22(34)14-35-24(16-6-10-18(26)11-7-16)23(32)15-4-8-17(25)9-5-15/h4-11,19,23-24H,2-3,12-14H2,1H3,(H,27,33)(H,28,29,30,31)/t19-,23-,24+/m0/s1. The minimum atomic E-state index is -0.416. The van der Waals surface area contributed by atoms with Crippen molar-refractivity contribution in [3.05, 3.63) is 75.5 Å². The lowest BCUT2D eigenvalue weighted by Crippen LogP contribution is -2.54. The number of rotatable bonds is 9. The summed E-state index contributed by atoms with van der Waals surface area (Å²) in [6.45, 7) is 2.27. The van der Waals surface area contributed by atoms with Gasteiger partial charge in [0.15, 0.2) is 5.82 Å². The van der Waals surface area contributed by atoms with E-state index in [1.807, 2.05) is 48.2 Å². The summed E-state index contributed by atoms with van der Waals surface area (Å²) < 4.78 is 6.09. The van der Waals surface area contributed by atoms with Crippen LogP contribution >= 0.6 is 23.2 Å². The maximum atomic E-state index is 13.3. The van der Waals surface area contributed by atoms with Gasteiger partial charge in [-0.1, -0.05) is 66.0 Å². The van der Waals surface area contributed by atoms with Crippen molar-refractivity contribution in [1.82, 2.24) is 30.8 Å². The molecule has 2 amide bonds. The Hall–Kier alpha value is -3.01. The van der Waals surface area contributed by atoms with Crippen LogP contribution in [0.5, 0.6) is 0 Å². The van der Waals surface area contributed by atoms with Crippen LogP contribution in [0.3, 0.4) is 0 Å². The molecular weight excluding hydrogens is 491 g/mol. The lowest BCUT2D eigenvalue weighted by atomic mass is 9.90. The van der Waals surface area contributed by atoms with E-state index >= 15 is 0 Å². The molecule has 0 bridgehead atoms. The molecule has 0 unspecified atom stereocenters. The average molecular weight is 517 g/mol. The first-order valence-corrected chi connectivity index (χ1v) is 12.1. The number of aromatic amines is 1. The molecule has 1 aliphatic rings. The third-order valence-electron chi connectivity index (χ3n) is 5.93. The summed E-state index contributed by atoms with van der Waals surface area (Å²) in [5, 5.41) is 17.6. The van der Waals surface area contributed by atoms with E-state index in [9.17, 15) is 9.59 Å². The van der Waals surface area contributed by atoms with Gasteiger partial charge in [0, 0.05) is 22.6 Å². The van der Waals surface area contributed by atoms with Gasteiger partial charge < -0.3 is 15.0 Å². The minimum Gasteiger partial charge on any atom is -0.361 e. The summed E-state index contributed by atoms with van der Waals surface area (Å²) in [5.41, 5.74) is 1.80. The van der Waals surface area contributed by atoms with Crippen molar-refractivity contribution in [1.29, 1.82) is 0 Å². The fourth-order valence-corrected chi connectivity index (χ4v) is 4.60. The van der Waals surface area contributed by atoms with Gasteiger partial charge in [-0.05, 0) is 41.8 Å². The largest absolute Gasteiger partial charge is 0.361 e. The molecule has 2 heterocycles. The Labute approximate surface area is 213 Å². The Bertz CT molecular complexity index is 1130. The number of nitrogens with one attached hydrogen (secondary N) is 2. The highest BCUT2D eigenvalue weighted by Gasteiger charge is 2.42. The summed E-state index contributed by atoms with van der Waals surface area (Å²) in [6, 6.07) is 14.2. The van der Waals surface area contributed by atoms with Crippen LogP contribution in [-0.2, 0) is 20.7 Å². The molecule has 3 atom stereocenters. The van der Waals surface area contributed by atoms with Crippen LogP contribution in [0, 0.1) is 0 Å². The zero-order chi connectivity index (χ0) is 24.8. The molecule has 1 saturated heterocycles. The van der Waals surface area contributed by atoms with E-state index in [4.69, 9.17) is 27.9 Å². The number of carbonyl (C=O) groups is 2. The molecule has 2 N–H and O–H groups in total. The molecule has 0 aliphatic carbocycles. The normalized spacial score (nSPS) is 18.9. The summed E-state index contributed by atoms with van der Waals surface area (Å²) >= 11 is 12.3. The van der Waals surface area contributed by atoms with Gasteiger partial charge in [-0.2, -0.15) is 5.21 Å². The lowest BCUT2D eigenvalue weighted by molar-refractivity contribution is -0.163. The number of aromatic nitrogens is 4. The smallest absolute Gasteiger partial charge is 0.249 e. The molecule has 3 aromatic rings.